The summed E-state index contributed by atoms with van der Waals surface area (Å²) >= 11 is 0. The summed E-state index contributed by atoms with van der Waals surface area (Å²) in [6.45, 7) is 9.66. The van der Waals surface area contributed by atoms with Crippen molar-refractivity contribution in [2.75, 3.05) is 4.90 Å². The topological polar surface area (TPSA) is 20.9 Å². The maximum atomic E-state index is 2.63. The molecular weight excluding hydrogens is 611 g/mol. The standard InChI is InChI=1S/C45H33N5/c1-43(2)30-16-8-9-18-34(30)49-36-22-20-33-41-38(36)45(46-23-11-15-29-28-14-10-17-31(44(33,3)4)39(28)50(41)42(29)46)37-35(21-19-32(43)40(37)49)47-24-27(25-48(45)47)26-12-6-5-7-13-26/h5-25H,1-4H3/q+2. The van der Waals surface area contributed by atoms with Crippen LogP contribution in [0.2, 0.25) is 0 Å². The minimum absolute atomic E-state index is 0.182. The molecule has 50 heavy (non-hydrogen) atoms. The number of hydrogen-bond donors (Lipinski definition) is 0. The maximum absolute atomic E-state index is 2.63. The van der Waals surface area contributed by atoms with Crippen LogP contribution in [-0.4, -0.2) is 9.25 Å². The number of rotatable bonds is 1. The summed E-state index contributed by atoms with van der Waals surface area (Å²) in [5.74, 6) is 0. The second-order valence-corrected chi connectivity index (χ2v) is 15.9. The zero-order valence-corrected chi connectivity index (χ0v) is 28.4. The third-order valence-electron chi connectivity index (χ3n) is 13.1. The fourth-order valence-electron chi connectivity index (χ4n) is 10.9. The van der Waals surface area contributed by atoms with Gasteiger partial charge in [0.05, 0.1) is 40.4 Å². The van der Waals surface area contributed by atoms with Gasteiger partial charge in [0, 0.05) is 27.3 Å². The van der Waals surface area contributed by atoms with Gasteiger partial charge in [0.15, 0.2) is 5.69 Å². The lowest BCUT2D eigenvalue weighted by Gasteiger charge is -2.48. The molecule has 0 saturated carbocycles. The van der Waals surface area contributed by atoms with Crippen LogP contribution in [0.1, 0.15) is 61.1 Å². The molecule has 0 aliphatic carbocycles. The van der Waals surface area contributed by atoms with Gasteiger partial charge in [-0.05, 0) is 53.1 Å². The van der Waals surface area contributed by atoms with Crippen LogP contribution in [-0.2, 0) is 16.5 Å². The molecule has 13 rings (SSSR count). The van der Waals surface area contributed by atoms with Crippen molar-refractivity contribution in [3.63, 3.8) is 0 Å². The molecule has 0 radical (unpaired) electrons. The van der Waals surface area contributed by atoms with Gasteiger partial charge in [-0.3, -0.25) is 0 Å². The lowest BCUT2D eigenvalue weighted by molar-refractivity contribution is -0.987. The van der Waals surface area contributed by atoms with Gasteiger partial charge >= 0.3 is 11.3 Å². The molecule has 0 bridgehead atoms. The molecule has 5 nitrogen and oxygen atoms in total. The highest BCUT2D eigenvalue weighted by Crippen LogP contribution is 2.64. The van der Waals surface area contributed by atoms with Crippen LogP contribution in [0.3, 0.4) is 0 Å². The number of benzene rings is 5. The summed E-state index contributed by atoms with van der Waals surface area (Å²) < 4.78 is 10.3. The molecule has 5 aliphatic heterocycles. The van der Waals surface area contributed by atoms with Crippen molar-refractivity contribution in [1.29, 1.82) is 0 Å². The van der Waals surface area contributed by atoms with E-state index in [-0.39, 0.29) is 10.8 Å². The quantitative estimate of drug-likeness (QED) is 0.164. The van der Waals surface area contributed by atoms with E-state index in [2.05, 4.69) is 179 Å². The summed E-state index contributed by atoms with van der Waals surface area (Å²) in [5.41, 5.74) is 18.6. The van der Waals surface area contributed by atoms with Crippen LogP contribution < -0.4 is 14.1 Å². The number of fused-ring (bicyclic) bond motifs is 6. The zero-order valence-electron chi connectivity index (χ0n) is 28.4. The Labute approximate surface area is 289 Å². The molecule has 0 amide bonds. The van der Waals surface area contributed by atoms with Gasteiger partial charge in [-0.25, -0.2) is 0 Å². The highest BCUT2D eigenvalue weighted by atomic mass is 15.5. The smallest absolute Gasteiger partial charge is 0.308 e. The van der Waals surface area contributed by atoms with Crippen molar-refractivity contribution >= 4 is 39.0 Å². The lowest BCUT2D eigenvalue weighted by Crippen LogP contribution is -2.77. The summed E-state index contributed by atoms with van der Waals surface area (Å²) in [5, 5.41) is 2.62. The average molecular weight is 644 g/mol. The van der Waals surface area contributed by atoms with E-state index in [1.807, 2.05) is 0 Å². The highest BCUT2D eigenvalue weighted by molar-refractivity contribution is 6.11. The van der Waals surface area contributed by atoms with Crippen LogP contribution in [0.5, 0.6) is 0 Å². The van der Waals surface area contributed by atoms with Crippen molar-refractivity contribution in [1.82, 2.24) is 9.25 Å². The first kappa shape index (κ1) is 26.0. The van der Waals surface area contributed by atoms with Crippen LogP contribution in [0.25, 0.3) is 44.4 Å². The molecule has 8 heterocycles. The number of anilines is 3. The van der Waals surface area contributed by atoms with E-state index in [1.54, 1.807) is 0 Å². The monoisotopic (exact) mass is 643 g/mol. The van der Waals surface area contributed by atoms with Crippen LogP contribution in [0.15, 0.2) is 128 Å². The lowest BCUT2D eigenvalue weighted by atomic mass is 9.67. The van der Waals surface area contributed by atoms with Crippen LogP contribution in [0.4, 0.5) is 17.1 Å². The number of pyridine rings is 1. The Morgan fingerprint density at radius 3 is 2.10 bits per heavy atom. The van der Waals surface area contributed by atoms with Crippen molar-refractivity contribution in [2.24, 2.45) is 0 Å². The fourth-order valence-corrected chi connectivity index (χ4v) is 10.9. The van der Waals surface area contributed by atoms with E-state index in [0.29, 0.717) is 0 Å². The number of para-hydroxylation sites is 2. The molecule has 1 unspecified atom stereocenters. The summed E-state index contributed by atoms with van der Waals surface area (Å²) in [7, 11) is 0. The zero-order chi connectivity index (χ0) is 33.1. The van der Waals surface area contributed by atoms with Gasteiger partial charge in [-0.1, -0.05) is 105 Å². The molecule has 0 fully saturated rings. The van der Waals surface area contributed by atoms with E-state index < -0.39 is 5.66 Å². The minimum Gasteiger partial charge on any atom is -0.308 e. The second-order valence-electron chi connectivity index (χ2n) is 15.9. The van der Waals surface area contributed by atoms with E-state index >= 15 is 0 Å². The summed E-state index contributed by atoms with van der Waals surface area (Å²) in [6.07, 6.45) is 7.11. The van der Waals surface area contributed by atoms with E-state index in [9.17, 15) is 0 Å². The fraction of sp³-hybridized carbons (Fsp3) is 0.156. The maximum Gasteiger partial charge on any atom is 0.394 e. The predicted molar refractivity (Wildman–Crippen MR) is 196 cm³/mol. The van der Waals surface area contributed by atoms with Crippen molar-refractivity contribution in [3.05, 3.63) is 161 Å². The third kappa shape index (κ3) is 2.42. The molecule has 0 saturated heterocycles. The van der Waals surface area contributed by atoms with Gasteiger partial charge in [-0.15, -0.1) is 4.68 Å². The second kappa shape index (κ2) is 7.76. The predicted octanol–water partition coefficient (Wildman–Crippen LogP) is 8.80. The first-order chi connectivity index (χ1) is 24.3. The number of nitrogens with zero attached hydrogens (tertiary/aromatic N) is 5. The van der Waals surface area contributed by atoms with Crippen molar-refractivity contribution in [3.8, 4) is 22.5 Å². The molecule has 8 aromatic rings. The molecule has 0 N–H and O–H groups in total. The van der Waals surface area contributed by atoms with Crippen LogP contribution >= 0.6 is 0 Å². The van der Waals surface area contributed by atoms with Crippen molar-refractivity contribution in [2.45, 2.75) is 44.2 Å². The molecular formula is C45H33N5+2. The Morgan fingerprint density at radius 2 is 1.24 bits per heavy atom. The minimum atomic E-state index is -0.662. The van der Waals surface area contributed by atoms with Gasteiger partial charge in [0.1, 0.15) is 22.3 Å². The Morgan fingerprint density at radius 1 is 0.540 bits per heavy atom. The molecule has 5 heteroatoms. The van der Waals surface area contributed by atoms with E-state index in [0.717, 1.165) is 0 Å². The third-order valence-corrected chi connectivity index (χ3v) is 13.1. The highest BCUT2D eigenvalue weighted by Gasteiger charge is 2.71. The molecule has 5 aliphatic rings. The Hall–Kier alpha value is -5.94. The largest absolute Gasteiger partial charge is 0.394 e. The average Bonchev–Trinajstić information content (AvgIpc) is 3.81. The normalized spacial score (nSPS) is 19.6. The number of aromatic nitrogens is 4. The Kier molecular flexibility index (Phi) is 4.04. The van der Waals surface area contributed by atoms with E-state index in [4.69, 9.17) is 0 Å². The van der Waals surface area contributed by atoms with E-state index in [1.165, 1.54) is 94.9 Å². The SMILES string of the molecule is CC1(C)c2ccccc2N2c3ccc4c5c3C3(c6c(ccc1c62)-n1cc(-c2ccccc2)c[n+]13)[n+]1cccc2c3cccc(c3n-5c21)C4(C)C. The molecule has 236 valence electrons. The van der Waals surface area contributed by atoms with Crippen LogP contribution in [0, 0.1) is 0 Å². The summed E-state index contributed by atoms with van der Waals surface area (Å²) in [4.78, 5) is 2.62. The van der Waals surface area contributed by atoms with Gasteiger partial charge in [0.25, 0.3) is 0 Å². The van der Waals surface area contributed by atoms with Crippen molar-refractivity contribution < 1.29 is 9.25 Å². The molecule has 5 aromatic carbocycles. The summed E-state index contributed by atoms with van der Waals surface area (Å²) in [6, 6.07) is 41.2. The van der Waals surface area contributed by atoms with Gasteiger partial charge in [-0.2, -0.15) is 9.13 Å². The van der Waals surface area contributed by atoms with Gasteiger partial charge in [0.2, 0.25) is 6.20 Å². The Balaban J connectivity index is 1.32. The molecule has 1 spiro atoms. The Bertz CT molecular complexity index is 2940. The first-order valence-corrected chi connectivity index (χ1v) is 17.8. The number of hydrogen-bond acceptors (Lipinski definition) is 1. The molecule has 3 aromatic heterocycles. The first-order valence-electron chi connectivity index (χ1n) is 17.8. The van der Waals surface area contributed by atoms with Gasteiger partial charge < -0.3 is 4.90 Å². The molecule has 1 atom stereocenters.